The molecule has 21 heavy (non-hydrogen) atoms. The summed E-state index contributed by atoms with van der Waals surface area (Å²) >= 11 is 0. The molecule has 0 fully saturated rings. The molecule has 2 aromatic rings. The van der Waals surface area contributed by atoms with E-state index in [1.165, 1.54) is 5.56 Å². The van der Waals surface area contributed by atoms with Crippen molar-refractivity contribution < 1.29 is 0 Å². The van der Waals surface area contributed by atoms with E-state index in [0.29, 0.717) is 6.04 Å². The molecule has 112 valence electrons. The second kappa shape index (κ2) is 7.18. The molecule has 0 spiro atoms. The highest BCUT2D eigenvalue weighted by Gasteiger charge is 2.10. The van der Waals surface area contributed by atoms with Crippen molar-refractivity contribution in [1.29, 1.82) is 0 Å². The third kappa shape index (κ3) is 4.02. The van der Waals surface area contributed by atoms with Gasteiger partial charge in [-0.3, -0.25) is 4.98 Å². The second-order valence-corrected chi connectivity index (χ2v) is 5.24. The lowest BCUT2D eigenvalue weighted by Gasteiger charge is -2.23. The van der Waals surface area contributed by atoms with Gasteiger partial charge < -0.3 is 10.2 Å². The predicted molar refractivity (Wildman–Crippen MR) is 87.4 cm³/mol. The van der Waals surface area contributed by atoms with Crippen LogP contribution in [0.4, 0.5) is 5.82 Å². The molecule has 0 saturated heterocycles. The van der Waals surface area contributed by atoms with Crippen molar-refractivity contribution in [3.05, 3.63) is 53.5 Å². The number of nitrogens with zero attached hydrogens (tertiary/aromatic N) is 3. The fourth-order valence-electron chi connectivity index (χ4n) is 2.28. The summed E-state index contributed by atoms with van der Waals surface area (Å²) in [5.74, 6) is 1.00. The first-order valence-electron chi connectivity index (χ1n) is 7.44. The Balaban J connectivity index is 2.21. The van der Waals surface area contributed by atoms with E-state index in [2.05, 4.69) is 58.3 Å². The molecule has 4 nitrogen and oxygen atoms in total. The monoisotopic (exact) mass is 284 g/mol. The van der Waals surface area contributed by atoms with E-state index >= 15 is 0 Å². The number of rotatable bonds is 6. The molecule has 0 bridgehead atoms. The molecule has 0 saturated carbocycles. The normalized spacial score (nSPS) is 12.2. The Hall–Kier alpha value is -1.94. The van der Waals surface area contributed by atoms with Crippen LogP contribution in [0.5, 0.6) is 0 Å². The molecule has 0 aliphatic rings. The van der Waals surface area contributed by atoms with Gasteiger partial charge in [-0.1, -0.05) is 6.07 Å². The predicted octanol–water partition coefficient (Wildman–Crippen LogP) is 3.09. The van der Waals surface area contributed by atoms with Gasteiger partial charge in [-0.05, 0) is 57.6 Å². The van der Waals surface area contributed by atoms with Crippen molar-refractivity contribution in [1.82, 2.24) is 15.3 Å². The number of anilines is 1. The number of pyridine rings is 2. The standard InChI is InChI=1S/C17H24N4/c1-5-21(12-16-8-6-7-13(2)20-16)17-11-15(9-10-19-17)14(3)18-4/h6-11,14,18H,5,12H2,1-4H3. The van der Waals surface area contributed by atoms with E-state index in [1.807, 2.05) is 26.2 Å². The first kappa shape index (κ1) is 15.4. The Labute approximate surface area is 127 Å². The van der Waals surface area contributed by atoms with Gasteiger partial charge in [0.15, 0.2) is 0 Å². The minimum Gasteiger partial charge on any atom is -0.351 e. The van der Waals surface area contributed by atoms with Gasteiger partial charge in [0.1, 0.15) is 5.82 Å². The van der Waals surface area contributed by atoms with Crippen molar-refractivity contribution in [3.8, 4) is 0 Å². The Bertz CT molecular complexity index is 583. The van der Waals surface area contributed by atoms with E-state index in [0.717, 1.165) is 30.3 Å². The van der Waals surface area contributed by atoms with Crippen LogP contribution < -0.4 is 10.2 Å². The van der Waals surface area contributed by atoms with Gasteiger partial charge in [0.2, 0.25) is 0 Å². The van der Waals surface area contributed by atoms with Crippen LogP contribution in [0.15, 0.2) is 36.5 Å². The van der Waals surface area contributed by atoms with Crippen LogP contribution >= 0.6 is 0 Å². The summed E-state index contributed by atoms with van der Waals surface area (Å²) in [7, 11) is 1.97. The van der Waals surface area contributed by atoms with E-state index in [1.54, 1.807) is 0 Å². The maximum Gasteiger partial charge on any atom is 0.129 e. The Morgan fingerprint density at radius 1 is 1.29 bits per heavy atom. The number of hydrogen-bond acceptors (Lipinski definition) is 4. The fraction of sp³-hybridized carbons (Fsp3) is 0.412. The Morgan fingerprint density at radius 2 is 2.10 bits per heavy atom. The third-order valence-electron chi connectivity index (χ3n) is 3.71. The van der Waals surface area contributed by atoms with Crippen molar-refractivity contribution in [2.75, 3.05) is 18.5 Å². The van der Waals surface area contributed by atoms with Crippen molar-refractivity contribution in [2.45, 2.75) is 33.4 Å². The van der Waals surface area contributed by atoms with Gasteiger partial charge in [0, 0.05) is 24.5 Å². The van der Waals surface area contributed by atoms with Crippen LogP contribution in [0, 0.1) is 6.92 Å². The molecule has 1 atom stereocenters. The fourth-order valence-corrected chi connectivity index (χ4v) is 2.28. The quantitative estimate of drug-likeness (QED) is 0.885. The summed E-state index contributed by atoms with van der Waals surface area (Å²) in [6.45, 7) is 8.00. The SMILES string of the molecule is CCN(Cc1cccc(C)n1)c1cc(C(C)NC)ccn1. The zero-order valence-electron chi connectivity index (χ0n) is 13.3. The summed E-state index contributed by atoms with van der Waals surface area (Å²) in [5, 5.41) is 3.26. The molecule has 4 heteroatoms. The third-order valence-corrected chi connectivity index (χ3v) is 3.71. The molecule has 0 aliphatic carbocycles. The maximum atomic E-state index is 4.58. The molecule has 1 N–H and O–H groups in total. The van der Waals surface area contributed by atoms with Gasteiger partial charge in [-0.15, -0.1) is 0 Å². The van der Waals surface area contributed by atoms with Crippen molar-refractivity contribution >= 4 is 5.82 Å². The number of aryl methyl sites for hydroxylation is 1. The Morgan fingerprint density at radius 3 is 2.76 bits per heavy atom. The number of hydrogen-bond donors (Lipinski definition) is 1. The second-order valence-electron chi connectivity index (χ2n) is 5.24. The highest BCUT2D eigenvalue weighted by molar-refractivity contribution is 5.42. The molecule has 1 unspecified atom stereocenters. The van der Waals surface area contributed by atoms with Gasteiger partial charge in [0.05, 0.1) is 12.2 Å². The van der Waals surface area contributed by atoms with Crippen LogP contribution in [0.3, 0.4) is 0 Å². The molecule has 2 heterocycles. The van der Waals surface area contributed by atoms with Crippen LogP contribution in [-0.2, 0) is 6.54 Å². The number of aromatic nitrogens is 2. The molecule has 0 amide bonds. The minimum atomic E-state index is 0.322. The van der Waals surface area contributed by atoms with E-state index in [4.69, 9.17) is 0 Å². The van der Waals surface area contributed by atoms with E-state index < -0.39 is 0 Å². The lowest BCUT2D eigenvalue weighted by molar-refractivity contribution is 0.650. The summed E-state index contributed by atoms with van der Waals surface area (Å²) in [4.78, 5) is 11.3. The summed E-state index contributed by atoms with van der Waals surface area (Å²) in [5.41, 5.74) is 3.37. The highest BCUT2D eigenvalue weighted by atomic mass is 15.2. The average Bonchev–Trinajstić information content (AvgIpc) is 2.52. The smallest absolute Gasteiger partial charge is 0.129 e. The van der Waals surface area contributed by atoms with Crippen molar-refractivity contribution in [2.24, 2.45) is 0 Å². The first-order valence-corrected chi connectivity index (χ1v) is 7.44. The van der Waals surface area contributed by atoms with E-state index in [9.17, 15) is 0 Å². The molecule has 2 aromatic heterocycles. The lowest BCUT2D eigenvalue weighted by Crippen LogP contribution is -2.24. The van der Waals surface area contributed by atoms with E-state index in [-0.39, 0.29) is 0 Å². The molecular formula is C17H24N4. The number of nitrogens with one attached hydrogen (secondary N) is 1. The summed E-state index contributed by atoms with van der Waals surface area (Å²) in [6.07, 6.45) is 1.88. The molecule has 0 aromatic carbocycles. The van der Waals surface area contributed by atoms with Crippen LogP contribution in [0.25, 0.3) is 0 Å². The zero-order chi connectivity index (χ0) is 15.2. The van der Waals surface area contributed by atoms with Gasteiger partial charge in [-0.25, -0.2) is 4.98 Å². The summed E-state index contributed by atoms with van der Waals surface area (Å²) < 4.78 is 0. The first-order chi connectivity index (χ1) is 10.1. The van der Waals surface area contributed by atoms with Gasteiger partial charge >= 0.3 is 0 Å². The average molecular weight is 284 g/mol. The zero-order valence-corrected chi connectivity index (χ0v) is 13.3. The molecule has 2 rings (SSSR count). The molecule has 0 aliphatic heterocycles. The largest absolute Gasteiger partial charge is 0.351 e. The van der Waals surface area contributed by atoms with Gasteiger partial charge in [0.25, 0.3) is 0 Å². The highest BCUT2D eigenvalue weighted by Crippen LogP contribution is 2.19. The Kier molecular flexibility index (Phi) is 5.28. The van der Waals surface area contributed by atoms with Crippen LogP contribution in [0.1, 0.15) is 36.8 Å². The van der Waals surface area contributed by atoms with Crippen LogP contribution in [0.2, 0.25) is 0 Å². The lowest BCUT2D eigenvalue weighted by atomic mass is 10.1. The summed E-state index contributed by atoms with van der Waals surface area (Å²) in [6, 6.07) is 10.7. The maximum absolute atomic E-state index is 4.58. The topological polar surface area (TPSA) is 41.1 Å². The minimum absolute atomic E-state index is 0.322. The van der Waals surface area contributed by atoms with Gasteiger partial charge in [-0.2, -0.15) is 0 Å². The van der Waals surface area contributed by atoms with Crippen molar-refractivity contribution in [3.63, 3.8) is 0 Å². The van der Waals surface area contributed by atoms with Crippen LogP contribution in [-0.4, -0.2) is 23.6 Å². The molecular weight excluding hydrogens is 260 g/mol. The molecule has 0 radical (unpaired) electrons.